The highest BCUT2D eigenvalue weighted by molar-refractivity contribution is 7.90. The Kier molecular flexibility index (Phi) is 4.77. The van der Waals surface area contributed by atoms with Gasteiger partial charge in [0.05, 0.1) is 29.8 Å². The molecule has 3 N–H and O–H groups in total. The first-order valence-electron chi connectivity index (χ1n) is 5.65. The van der Waals surface area contributed by atoms with E-state index in [4.69, 9.17) is 5.73 Å². The number of carbonyl (C=O) groups excluding carboxylic acids is 1. The van der Waals surface area contributed by atoms with E-state index in [-0.39, 0.29) is 11.8 Å². The molecule has 1 aromatic carbocycles. The van der Waals surface area contributed by atoms with Crippen LogP contribution in [0.3, 0.4) is 0 Å². The van der Waals surface area contributed by atoms with Crippen LogP contribution in [0.4, 0.5) is 11.4 Å². The lowest BCUT2D eigenvalue weighted by Gasteiger charge is -2.16. The first-order valence-corrected chi connectivity index (χ1v) is 7.71. The number of nitrogens with two attached hydrogens (primary N) is 1. The summed E-state index contributed by atoms with van der Waals surface area (Å²) in [7, 11) is -1.77. The normalized spacial score (nSPS) is 12.8. The predicted octanol–water partition coefficient (Wildman–Crippen LogP) is 0.900. The van der Waals surface area contributed by atoms with Gasteiger partial charge in [0.1, 0.15) is 9.84 Å². The molecule has 7 heteroatoms. The number of benzene rings is 1. The quantitative estimate of drug-likeness (QED) is 0.616. The molecule has 0 aliphatic rings. The molecule has 1 rings (SSSR count). The molecule has 0 saturated carbocycles. The van der Waals surface area contributed by atoms with Crippen LogP contribution in [-0.2, 0) is 14.6 Å². The van der Waals surface area contributed by atoms with Gasteiger partial charge in [0, 0.05) is 12.3 Å². The summed E-state index contributed by atoms with van der Waals surface area (Å²) in [6.45, 7) is 1.74. The lowest BCUT2D eigenvalue weighted by Crippen LogP contribution is -2.25. The number of anilines is 2. The number of methoxy groups -OCH3 is 1. The Hall–Kier alpha value is -1.76. The highest BCUT2D eigenvalue weighted by Crippen LogP contribution is 2.21. The van der Waals surface area contributed by atoms with Gasteiger partial charge in [-0.1, -0.05) is 0 Å². The molecule has 6 nitrogen and oxygen atoms in total. The van der Waals surface area contributed by atoms with Gasteiger partial charge in [-0.25, -0.2) is 13.2 Å². The SMILES string of the molecule is COC(=O)c1ccc(NC(C)CS(C)(=O)=O)c(N)c1. The lowest BCUT2D eigenvalue weighted by atomic mass is 10.1. The average Bonchev–Trinajstić information content (AvgIpc) is 2.28. The van der Waals surface area contributed by atoms with Crippen LogP contribution < -0.4 is 11.1 Å². The third-order valence-electron chi connectivity index (χ3n) is 2.43. The third kappa shape index (κ3) is 4.78. The summed E-state index contributed by atoms with van der Waals surface area (Å²) in [4.78, 5) is 11.3. The fourth-order valence-corrected chi connectivity index (χ4v) is 2.69. The molecule has 0 aliphatic carbocycles. The summed E-state index contributed by atoms with van der Waals surface area (Å²) in [5.74, 6) is -0.465. The second-order valence-corrected chi connectivity index (χ2v) is 6.62. The Morgan fingerprint density at radius 3 is 2.58 bits per heavy atom. The molecule has 0 spiro atoms. The van der Waals surface area contributed by atoms with Crippen LogP contribution in [-0.4, -0.2) is 39.5 Å². The first-order chi connectivity index (χ1) is 8.73. The molecule has 0 bridgehead atoms. The second-order valence-electron chi connectivity index (χ2n) is 4.43. The van der Waals surface area contributed by atoms with Crippen molar-refractivity contribution >= 4 is 27.2 Å². The maximum Gasteiger partial charge on any atom is 0.337 e. The molecule has 0 fully saturated rings. The van der Waals surface area contributed by atoms with Crippen LogP contribution in [0, 0.1) is 0 Å². The summed E-state index contributed by atoms with van der Waals surface area (Å²) in [5.41, 5.74) is 7.11. The van der Waals surface area contributed by atoms with Gasteiger partial charge in [-0.2, -0.15) is 0 Å². The van der Waals surface area contributed by atoms with Crippen LogP contribution >= 0.6 is 0 Å². The van der Waals surface area contributed by atoms with Crippen molar-refractivity contribution in [3.8, 4) is 0 Å². The van der Waals surface area contributed by atoms with E-state index < -0.39 is 15.8 Å². The van der Waals surface area contributed by atoms with E-state index in [1.807, 2.05) is 0 Å². The topological polar surface area (TPSA) is 98.5 Å². The fourth-order valence-electron chi connectivity index (χ4n) is 1.70. The molecule has 1 atom stereocenters. The summed E-state index contributed by atoms with van der Waals surface area (Å²) in [6, 6.07) is 4.40. The van der Waals surface area contributed by atoms with Crippen LogP contribution in [0.5, 0.6) is 0 Å². The number of nitrogens with one attached hydrogen (secondary N) is 1. The minimum Gasteiger partial charge on any atom is -0.465 e. The van der Waals surface area contributed by atoms with E-state index in [0.717, 1.165) is 0 Å². The summed E-state index contributed by atoms with van der Waals surface area (Å²) >= 11 is 0. The second kappa shape index (κ2) is 5.92. The first kappa shape index (κ1) is 15.3. The lowest BCUT2D eigenvalue weighted by molar-refractivity contribution is 0.0601. The summed E-state index contributed by atoms with van der Waals surface area (Å²) < 4.78 is 26.9. The van der Waals surface area contributed by atoms with Crippen LogP contribution in [0.25, 0.3) is 0 Å². The maximum absolute atomic E-state index is 11.3. The highest BCUT2D eigenvalue weighted by atomic mass is 32.2. The van der Waals surface area contributed by atoms with E-state index in [1.54, 1.807) is 19.1 Å². The minimum absolute atomic E-state index is 0.00515. The number of sulfone groups is 1. The fraction of sp³-hybridized carbons (Fsp3) is 0.417. The van der Waals surface area contributed by atoms with Crippen molar-refractivity contribution < 1.29 is 17.9 Å². The Morgan fingerprint density at radius 2 is 2.11 bits per heavy atom. The zero-order valence-electron chi connectivity index (χ0n) is 11.1. The summed E-state index contributed by atoms with van der Waals surface area (Å²) in [5, 5.41) is 2.99. The van der Waals surface area contributed by atoms with Gasteiger partial charge in [-0.3, -0.25) is 0 Å². The Balaban J connectivity index is 2.83. The Labute approximate surface area is 112 Å². The highest BCUT2D eigenvalue weighted by Gasteiger charge is 2.13. The van der Waals surface area contributed by atoms with Crippen molar-refractivity contribution in [1.29, 1.82) is 0 Å². The summed E-state index contributed by atoms with van der Waals surface area (Å²) in [6.07, 6.45) is 1.18. The molecular formula is C12H18N2O4S. The van der Waals surface area contributed by atoms with Crippen molar-refractivity contribution in [2.45, 2.75) is 13.0 Å². The largest absolute Gasteiger partial charge is 0.465 e. The number of carbonyl (C=O) groups is 1. The molecular weight excluding hydrogens is 268 g/mol. The Bertz CT molecular complexity index is 569. The predicted molar refractivity (Wildman–Crippen MR) is 75.0 cm³/mol. The molecule has 0 heterocycles. The average molecular weight is 286 g/mol. The zero-order chi connectivity index (χ0) is 14.6. The van der Waals surface area contributed by atoms with Crippen molar-refractivity contribution in [3.63, 3.8) is 0 Å². The zero-order valence-corrected chi connectivity index (χ0v) is 12.0. The van der Waals surface area contributed by atoms with E-state index in [9.17, 15) is 13.2 Å². The molecule has 0 aliphatic heterocycles. The van der Waals surface area contributed by atoms with Crippen LogP contribution in [0.15, 0.2) is 18.2 Å². The van der Waals surface area contributed by atoms with Crippen molar-refractivity contribution in [3.05, 3.63) is 23.8 Å². The molecule has 0 aromatic heterocycles. The van der Waals surface area contributed by atoms with Crippen LogP contribution in [0.1, 0.15) is 17.3 Å². The molecule has 1 unspecified atom stereocenters. The molecule has 0 amide bonds. The third-order valence-corrected chi connectivity index (χ3v) is 3.53. The van der Waals surface area contributed by atoms with E-state index in [0.29, 0.717) is 16.9 Å². The number of rotatable bonds is 5. The number of nitrogen functional groups attached to an aromatic ring is 1. The van der Waals surface area contributed by atoms with E-state index in [2.05, 4.69) is 10.1 Å². The molecule has 106 valence electrons. The van der Waals surface area contributed by atoms with Crippen LogP contribution in [0.2, 0.25) is 0 Å². The van der Waals surface area contributed by atoms with E-state index in [1.165, 1.54) is 19.4 Å². The van der Waals surface area contributed by atoms with Gasteiger partial charge in [0.15, 0.2) is 0 Å². The molecule has 19 heavy (non-hydrogen) atoms. The number of hydrogen-bond acceptors (Lipinski definition) is 6. The molecule has 0 radical (unpaired) electrons. The maximum atomic E-state index is 11.3. The molecule has 0 saturated heterocycles. The van der Waals surface area contributed by atoms with Gasteiger partial charge in [-0.05, 0) is 25.1 Å². The number of ether oxygens (including phenoxy) is 1. The van der Waals surface area contributed by atoms with Gasteiger partial charge < -0.3 is 15.8 Å². The van der Waals surface area contributed by atoms with Crippen molar-refractivity contribution in [2.75, 3.05) is 30.2 Å². The van der Waals surface area contributed by atoms with Crippen molar-refractivity contribution in [1.82, 2.24) is 0 Å². The van der Waals surface area contributed by atoms with E-state index >= 15 is 0 Å². The minimum atomic E-state index is -3.06. The van der Waals surface area contributed by atoms with Crippen molar-refractivity contribution in [2.24, 2.45) is 0 Å². The molecule has 1 aromatic rings. The van der Waals surface area contributed by atoms with Gasteiger partial charge in [0.25, 0.3) is 0 Å². The van der Waals surface area contributed by atoms with Gasteiger partial charge >= 0.3 is 5.97 Å². The smallest absolute Gasteiger partial charge is 0.337 e. The number of hydrogen-bond donors (Lipinski definition) is 2. The van der Waals surface area contributed by atoms with Gasteiger partial charge in [0.2, 0.25) is 0 Å². The van der Waals surface area contributed by atoms with Gasteiger partial charge in [-0.15, -0.1) is 0 Å². The monoisotopic (exact) mass is 286 g/mol. The standard InChI is InChI=1S/C12H18N2O4S/c1-8(7-19(3,16)17)14-11-5-4-9(6-10(11)13)12(15)18-2/h4-6,8,14H,7,13H2,1-3H3. The number of esters is 1. The Morgan fingerprint density at radius 1 is 1.47 bits per heavy atom.